The Bertz CT molecular complexity index is 1010. The van der Waals surface area contributed by atoms with Crippen LogP contribution in [0.1, 0.15) is 16.7 Å². The third-order valence-electron chi connectivity index (χ3n) is 3.90. The van der Waals surface area contributed by atoms with Gasteiger partial charge in [-0.1, -0.05) is 41.4 Å². The largest absolute Gasteiger partial charge is 0.497 e. The summed E-state index contributed by atoms with van der Waals surface area (Å²) in [6.45, 7) is 0.565. The summed E-state index contributed by atoms with van der Waals surface area (Å²) in [4.78, 5) is 0. The smallest absolute Gasteiger partial charge is 0.253 e. The lowest BCUT2D eigenvalue weighted by Crippen LogP contribution is -2.06. The van der Waals surface area contributed by atoms with Gasteiger partial charge >= 0.3 is 0 Å². The minimum absolute atomic E-state index is 0.179. The van der Waals surface area contributed by atoms with Crippen molar-refractivity contribution in [3.63, 3.8) is 0 Å². The van der Waals surface area contributed by atoms with Crippen molar-refractivity contribution in [3.8, 4) is 17.7 Å². The molecule has 0 aliphatic heterocycles. The van der Waals surface area contributed by atoms with Crippen LogP contribution in [0, 0.1) is 11.3 Å². The Morgan fingerprint density at radius 2 is 1.96 bits per heavy atom. The molecule has 3 aromatic rings. The van der Waals surface area contributed by atoms with Gasteiger partial charge in [0.1, 0.15) is 24.2 Å². The number of hydrogen-bond donors (Lipinski definition) is 1. The van der Waals surface area contributed by atoms with Crippen LogP contribution in [-0.2, 0) is 13.2 Å². The minimum atomic E-state index is 0.179. The first-order chi connectivity index (χ1) is 13.0. The predicted octanol–water partition coefficient (Wildman–Crippen LogP) is 4.28. The maximum atomic E-state index is 9.42. The fourth-order valence-electron chi connectivity index (χ4n) is 2.50. The van der Waals surface area contributed by atoms with Crippen molar-refractivity contribution in [3.05, 3.63) is 69.2 Å². The van der Waals surface area contributed by atoms with Gasteiger partial charge in [0.05, 0.1) is 23.7 Å². The monoisotopic (exact) mass is 402 g/mol. The molecule has 1 aromatic heterocycles. The number of ether oxygens (including phenoxy) is 2. The summed E-state index contributed by atoms with van der Waals surface area (Å²) in [5.74, 6) is 1.13. The minimum Gasteiger partial charge on any atom is -0.497 e. The number of anilines is 1. The highest BCUT2D eigenvalue weighted by atomic mass is 35.5. The van der Waals surface area contributed by atoms with E-state index in [1.54, 1.807) is 19.2 Å². The van der Waals surface area contributed by atoms with E-state index in [0.717, 1.165) is 16.9 Å². The molecule has 3 rings (SSSR count). The maximum absolute atomic E-state index is 9.42. The Hall–Kier alpha value is -2.88. The molecule has 8 heteroatoms. The highest BCUT2D eigenvalue weighted by Crippen LogP contribution is 2.27. The summed E-state index contributed by atoms with van der Waals surface area (Å²) < 4.78 is 12.4. The van der Waals surface area contributed by atoms with Crippen LogP contribution >= 0.6 is 23.2 Å². The van der Waals surface area contributed by atoms with Gasteiger partial charge in [-0.25, -0.2) is 4.68 Å². The van der Waals surface area contributed by atoms with Gasteiger partial charge in [0.25, 0.3) is 5.88 Å². The van der Waals surface area contributed by atoms with E-state index in [9.17, 15) is 5.26 Å². The fraction of sp³-hybridized carbons (Fsp3) is 0.158. The first-order valence-corrected chi connectivity index (χ1v) is 8.73. The van der Waals surface area contributed by atoms with Crippen LogP contribution in [0.2, 0.25) is 10.0 Å². The van der Waals surface area contributed by atoms with Crippen molar-refractivity contribution in [2.75, 3.05) is 12.8 Å². The van der Waals surface area contributed by atoms with Crippen LogP contribution in [0.15, 0.2) is 42.5 Å². The molecular weight excluding hydrogens is 387 g/mol. The zero-order valence-corrected chi connectivity index (χ0v) is 16.0. The maximum Gasteiger partial charge on any atom is 0.253 e. The van der Waals surface area contributed by atoms with Crippen LogP contribution in [0.3, 0.4) is 0 Å². The molecule has 0 bridgehead atoms. The Morgan fingerprint density at radius 3 is 2.67 bits per heavy atom. The Labute approximate surface area is 166 Å². The van der Waals surface area contributed by atoms with Crippen molar-refractivity contribution in [1.29, 1.82) is 5.26 Å². The standard InChI is InChI=1S/C19H16Cl2N4O2/c1-26-14-4-2-3-13(7-14)11-27-19-15(9-22)18(23)25(24-19)10-12-5-6-16(20)17(21)8-12/h2-8H,10-11,23H2,1H3. The highest BCUT2D eigenvalue weighted by molar-refractivity contribution is 6.42. The number of nitrogens with two attached hydrogens (primary N) is 1. The zero-order valence-electron chi connectivity index (χ0n) is 14.4. The highest BCUT2D eigenvalue weighted by Gasteiger charge is 2.17. The molecule has 2 N–H and O–H groups in total. The van der Waals surface area contributed by atoms with Crippen molar-refractivity contribution in [1.82, 2.24) is 9.78 Å². The predicted molar refractivity (Wildman–Crippen MR) is 104 cm³/mol. The van der Waals surface area contributed by atoms with Crippen molar-refractivity contribution in [2.45, 2.75) is 13.2 Å². The first-order valence-electron chi connectivity index (χ1n) is 7.98. The van der Waals surface area contributed by atoms with Gasteiger partial charge in [0.2, 0.25) is 0 Å². The summed E-state index contributed by atoms with van der Waals surface area (Å²) in [6, 6.07) is 14.7. The summed E-state index contributed by atoms with van der Waals surface area (Å²) >= 11 is 12.0. The number of methoxy groups -OCH3 is 1. The number of aromatic nitrogens is 2. The third kappa shape index (κ3) is 4.27. The van der Waals surface area contributed by atoms with E-state index in [2.05, 4.69) is 5.10 Å². The van der Waals surface area contributed by atoms with E-state index in [1.165, 1.54) is 4.68 Å². The van der Waals surface area contributed by atoms with E-state index in [4.69, 9.17) is 38.4 Å². The number of nitriles is 1. The van der Waals surface area contributed by atoms with Gasteiger partial charge in [0.15, 0.2) is 5.56 Å². The Morgan fingerprint density at radius 1 is 1.15 bits per heavy atom. The van der Waals surface area contributed by atoms with E-state index >= 15 is 0 Å². The average Bonchev–Trinajstić information content (AvgIpc) is 2.97. The quantitative estimate of drug-likeness (QED) is 0.664. The summed E-state index contributed by atoms with van der Waals surface area (Å²) in [5, 5.41) is 14.6. The number of hydrogen-bond acceptors (Lipinski definition) is 5. The van der Waals surface area contributed by atoms with E-state index in [1.807, 2.05) is 36.4 Å². The van der Waals surface area contributed by atoms with Crippen LogP contribution in [0.4, 0.5) is 5.82 Å². The molecule has 2 aromatic carbocycles. The van der Waals surface area contributed by atoms with Gasteiger partial charge in [-0.05, 0) is 35.4 Å². The Balaban J connectivity index is 1.80. The van der Waals surface area contributed by atoms with E-state index < -0.39 is 0 Å². The molecule has 0 radical (unpaired) electrons. The summed E-state index contributed by atoms with van der Waals surface area (Å²) in [6.07, 6.45) is 0. The van der Waals surface area contributed by atoms with Crippen LogP contribution in [-0.4, -0.2) is 16.9 Å². The molecule has 0 aliphatic rings. The molecule has 0 amide bonds. The number of rotatable bonds is 6. The molecule has 6 nitrogen and oxygen atoms in total. The molecule has 27 heavy (non-hydrogen) atoms. The molecule has 0 saturated heterocycles. The van der Waals surface area contributed by atoms with Gasteiger partial charge in [-0.3, -0.25) is 0 Å². The van der Waals surface area contributed by atoms with E-state index in [-0.39, 0.29) is 23.9 Å². The normalized spacial score (nSPS) is 10.4. The molecule has 0 spiro atoms. The average molecular weight is 403 g/mol. The molecule has 0 atom stereocenters. The van der Waals surface area contributed by atoms with Crippen LogP contribution in [0.25, 0.3) is 0 Å². The molecule has 0 saturated carbocycles. The fourth-order valence-corrected chi connectivity index (χ4v) is 2.82. The second kappa shape index (κ2) is 8.21. The molecular formula is C19H16Cl2N4O2. The van der Waals surface area contributed by atoms with Crippen molar-refractivity contribution >= 4 is 29.0 Å². The molecule has 0 fully saturated rings. The lowest BCUT2D eigenvalue weighted by molar-refractivity contribution is 0.288. The van der Waals surface area contributed by atoms with E-state index in [0.29, 0.717) is 16.6 Å². The van der Waals surface area contributed by atoms with Gasteiger partial charge in [-0.15, -0.1) is 5.10 Å². The third-order valence-corrected chi connectivity index (χ3v) is 4.64. The zero-order chi connectivity index (χ0) is 19.4. The van der Waals surface area contributed by atoms with Crippen molar-refractivity contribution < 1.29 is 9.47 Å². The summed E-state index contributed by atoms with van der Waals surface area (Å²) in [7, 11) is 1.60. The molecule has 1 heterocycles. The molecule has 0 aliphatic carbocycles. The van der Waals surface area contributed by atoms with Crippen LogP contribution < -0.4 is 15.2 Å². The second-order valence-corrected chi connectivity index (χ2v) is 6.54. The lowest BCUT2D eigenvalue weighted by atomic mass is 10.2. The number of nitrogens with zero attached hydrogens (tertiary/aromatic N) is 3. The lowest BCUT2D eigenvalue weighted by Gasteiger charge is -2.06. The number of benzene rings is 2. The van der Waals surface area contributed by atoms with Gasteiger partial charge in [0, 0.05) is 0 Å². The Kier molecular flexibility index (Phi) is 5.75. The van der Waals surface area contributed by atoms with Crippen LogP contribution in [0.5, 0.6) is 11.6 Å². The topological polar surface area (TPSA) is 86.1 Å². The molecule has 0 unspecified atom stereocenters. The SMILES string of the molecule is COc1cccc(COc2nn(Cc3ccc(Cl)c(Cl)c3)c(N)c2C#N)c1. The number of halogens is 2. The van der Waals surface area contributed by atoms with Crippen molar-refractivity contribution in [2.24, 2.45) is 0 Å². The summed E-state index contributed by atoms with van der Waals surface area (Å²) in [5.41, 5.74) is 7.99. The number of nitrogen functional groups attached to an aromatic ring is 1. The van der Waals surface area contributed by atoms with Gasteiger partial charge in [-0.2, -0.15) is 5.26 Å². The molecule has 138 valence electrons. The first kappa shape index (κ1) is 18.9. The van der Waals surface area contributed by atoms with Gasteiger partial charge < -0.3 is 15.2 Å². The second-order valence-electron chi connectivity index (χ2n) is 5.72.